The molecule has 5 nitrogen and oxygen atoms in total. The standard InChI is InChI=1S/C14H19N5/c1-2-8-16-14(15)17-11-12-4-6-13(7-5-12)19-10-3-9-18-19/h3-7,9-10H,2,8,11H2,1H3,(H3,15,16,17). The highest BCUT2D eigenvalue weighted by Crippen LogP contribution is 2.09. The third-order valence-corrected chi connectivity index (χ3v) is 2.69. The maximum atomic E-state index is 5.74. The molecule has 0 aliphatic carbocycles. The zero-order valence-electron chi connectivity index (χ0n) is 11.1. The molecule has 0 spiro atoms. The van der Waals surface area contributed by atoms with Crippen molar-refractivity contribution >= 4 is 5.96 Å². The van der Waals surface area contributed by atoms with Crippen molar-refractivity contribution in [2.24, 2.45) is 10.7 Å². The number of nitrogens with two attached hydrogens (primary N) is 1. The number of nitrogens with one attached hydrogen (secondary N) is 1. The number of benzene rings is 1. The van der Waals surface area contributed by atoms with Gasteiger partial charge in [0.15, 0.2) is 5.96 Å². The summed E-state index contributed by atoms with van der Waals surface area (Å²) >= 11 is 0. The van der Waals surface area contributed by atoms with Crippen LogP contribution in [0.15, 0.2) is 47.7 Å². The Morgan fingerprint density at radius 3 is 2.79 bits per heavy atom. The quantitative estimate of drug-likeness (QED) is 0.632. The van der Waals surface area contributed by atoms with E-state index in [-0.39, 0.29) is 0 Å². The number of hydrogen-bond acceptors (Lipinski definition) is 2. The van der Waals surface area contributed by atoms with Crippen molar-refractivity contribution in [3.05, 3.63) is 48.3 Å². The summed E-state index contributed by atoms with van der Waals surface area (Å²) in [6.07, 6.45) is 4.72. The fourth-order valence-electron chi connectivity index (χ4n) is 1.66. The minimum absolute atomic E-state index is 0.498. The molecule has 5 heteroatoms. The lowest BCUT2D eigenvalue weighted by Gasteiger charge is -2.05. The van der Waals surface area contributed by atoms with Crippen LogP contribution in [0.3, 0.4) is 0 Å². The van der Waals surface area contributed by atoms with E-state index in [2.05, 4.69) is 22.3 Å². The second-order valence-electron chi connectivity index (χ2n) is 4.25. The van der Waals surface area contributed by atoms with Crippen LogP contribution in [0.4, 0.5) is 0 Å². The van der Waals surface area contributed by atoms with Gasteiger partial charge in [0.2, 0.25) is 0 Å². The number of aromatic nitrogens is 2. The topological polar surface area (TPSA) is 68.2 Å². The van der Waals surface area contributed by atoms with E-state index < -0.39 is 0 Å². The summed E-state index contributed by atoms with van der Waals surface area (Å²) < 4.78 is 1.82. The Labute approximate surface area is 113 Å². The highest BCUT2D eigenvalue weighted by Gasteiger charge is 1.97. The first-order valence-corrected chi connectivity index (χ1v) is 6.42. The first-order chi connectivity index (χ1) is 9.29. The number of hydrogen-bond donors (Lipinski definition) is 2. The third-order valence-electron chi connectivity index (χ3n) is 2.69. The number of aliphatic imine (C=N–C) groups is 1. The van der Waals surface area contributed by atoms with Crippen molar-refractivity contribution in [1.82, 2.24) is 15.1 Å². The fraction of sp³-hybridized carbons (Fsp3) is 0.286. The van der Waals surface area contributed by atoms with Crippen molar-refractivity contribution < 1.29 is 0 Å². The molecule has 0 fully saturated rings. The van der Waals surface area contributed by atoms with Gasteiger partial charge in [-0.2, -0.15) is 5.10 Å². The SMILES string of the molecule is CCCNC(N)=NCc1ccc(-n2cccn2)cc1. The molecule has 2 aromatic rings. The van der Waals surface area contributed by atoms with Crippen molar-refractivity contribution in [3.63, 3.8) is 0 Å². The Kier molecular flexibility index (Phi) is 4.55. The minimum Gasteiger partial charge on any atom is -0.370 e. The van der Waals surface area contributed by atoms with Crippen LogP contribution < -0.4 is 11.1 Å². The normalized spacial score (nSPS) is 11.5. The molecule has 100 valence electrons. The van der Waals surface area contributed by atoms with Crippen LogP contribution in [-0.2, 0) is 6.54 Å². The van der Waals surface area contributed by atoms with Gasteiger partial charge in [0, 0.05) is 18.9 Å². The molecule has 1 heterocycles. The van der Waals surface area contributed by atoms with Gasteiger partial charge in [0.25, 0.3) is 0 Å². The van der Waals surface area contributed by atoms with Crippen LogP contribution in [-0.4, -0.2) is 22.3 Å². The van der Waals surface area contributed by atoms with Crippen LogP contribution in [0, 0.1) is 0 Å². The minimum atomic E-state index is 0.498. The van der Waals surface area contributed by atoms with Crippen LogP contribution in [0.2, 0.25) is 0 Å². The van der Waals surface area contributed by atoms with Gasteiger partial charge >= 0.3 is 0 Å². The lowest BCUT2D eigenvalue weighted by atomic mass is 10.2. The predicted molar refractivity (Wildman–Crippen MR) is 77.2 cm³/mol. The summed E-state index contributed by atoms with van der Waals surface area (Å²) in [7, 11) is 0. The van der Waals surface area contributed by atoms with Crippen LogP contribution in [0.5, 0.6) is 0 Å². The van der Waals surface area contributed by atoms with Gasteiger partial charge in [0.05, 0.1) is 12.2 Å². The molecule has 0 unspecified atom stereocenters. The van der Waals surface area contributed by atoms with Gasteiger partial charge in [-0.1, -0.05) is 19.1 Å². The molecule has 0 aliphatic heterocycles. The molecule has 0 atom stereocenters. The van der Waals surface area contributed by atoms with E-state index in [1.165, 1.54) is 0 Å². The Hall–Kier alpha value is -2.30. The second-order valence-corrected chi connectivity index (χ2v) is 4.25. The first-order valence-electron chi connectivity index (χ1n) is 6.42. The lowest BCUT2D eigenvalue weighted by molar-refractivity contribution is 0.825. The Morgan fingerprint density at radius 2 is 2.16 bits per heavy atom. The molecule has 0 aliphatic rings. The maximum Gasteiger partial charge on any atom is 0.188 e. The van der Waals surface area contributed by atoms with Gasteiger partial charge < -0.3 is 11.1 Å². The summed E-state index contributed by atoms with van der Waals surface area (Å²) in [5.74, 6) is 0.498. The lowest BCUT2D eigenvalue weighted by Crippen LogP contribution is -2.32. The average molecular weight is 257 g/mol. The molecule has 0 saturated heterocycles. The molecule has 19 heavy (non-hydrogen) atoms. The van der Waals surface area contributed by atoms with Crippen LogP contribution in [0.1, 0.15) is 18.9 Å². The summed E-state index contributed by atoms with van der Waals surface area (Å²) in [5, 5.41) is 7.23. The van der Waals surface area contributed by atoms with E-state index >= 15 is 0 Å². The molecule has 1 aromatic carbocycles. The Balaban J connectivity index is 1.95. The second kappa shape index (κ2) is 6.58. The van der Waals surface area contributed by atoms with Crippen molar-refractivity contribution in [3.8, 4) is 5.69 Å². The van der Waals surface area contributed by atoms with Crippen LogP contribution >= 0.6 is 0 Å². The molecule has 0 saturated carbocycles. The monoisotopic (exact) mass is 257 g/mol. The van der Waals surface area contributed by atoms with E-state index in [0.717, 1.165) is 24.2 Å². The molecular formula is C14H19N5. The summed E-state index contributed by atoms with van der Waals surface area (Å²) in [6.45, 7) is 3.53. The molecule has 3 N–H and O–H groups in total. The largest absolute Gasteiger partial charge is 0.370 e. The van der Waals surface area contributed by atoms with Crippen molar-refractivity contribution in [1.29, 1.82) is 0 Å². The summed E-state index contributed by atoms with van der Waals surface area (Å²) in [4.78, 5) is 4.29. The molecule has 0 radical (unpaired) electrons. The summed E-state index contributed by atoms with van der Waals surface area (Å²) in [6, 6.07) is 10.0. The zero-order valence-corrected chi connectivity index (χ0v) is 11.1. The first kappa shape index (κ1) is 13.1. The Bertz CT molecular complexity index is 513. The number of rotatable bonds is 5. The molecule has 1 aromatic heterocycles. The van der Waals surface area contributed by atoms with E-state index in [0.29, 0.717) is 12.5 Å². The highest BCUT2D eigenvalue weighted by molar-refractivity contribution is 5.77. The van der Waals surface area contributed by atoms with Crippen molar-refractivity contribution in [2.75, 3.05) is 6.54 Å². The van der Waals surface area contributed by atoms with Crippen molar-refractivity contribution in [2.45, 2.75) is 19.9 Å². The van der Waals surface area contributed by atoms with Crippen LogP contribution in [0.25, 0.3) is 5.69 Å². The fourth-order valence-corrected chi connectivity index (χ4v) is 1.66. The van der Waals surface area contributed by atoms with E-state index in [1.54, 1.807) is 6.20 Å². The van der Waals surface area contributed by atoms with Gasteiger partial charge in [-0.15, -0.1) is 0 Å². The van der Waals surface area contributed by atoms with Gasteiger partial charge in [-0.3, -0.25) is 0 Å². The molecule has 2 rings (SSSR count). The van der Waals surface area contributed by atoms with Gasteiger partial charge in [-0.25, -0.2) is 9.67 Å². The molecule has 0 bridgehead atoms. The summed E-state index contributed by atoms with van der Waals surface area (Å²) in [5.41, 5.74) is 7.90. The highest BCUT2D eigenvalue weighted by atomic mass is 15.3. The van der Waals surface area contributed by atoms with E-state index in [4.69, 9.17) is 5.73 Å². The third kappa shape index (κ3) is 3.84. The number of guanidine groups is 1. The maximum absolute atomic E-state index is 5.74. The average Bonchev–Trinajstić information content (AvgIpc) is 2.97. The molecular weight excluding hydrogens is 238 g/mol. The van der Waals surface area contributed by atoms with E-state index in [1.807, 2.05) is 41.2 Å². The Morgan fingerprint density at radius 1 is 1.37 bits per heavy atom. The van der Waals surface area contributed by atoms with Gasteiger partial charge in [-0.05, 0) is 30.2 Å². The molecule has 0 amide bonds. The number of nitrogens with zero attached hydrogens (tertiary/aromatic N) is 3. The zero-order chi connectivity index (χ0) is 13.5. The van der Waals surface area contributed by atoms with Gasteiger partial charge in [0.1, 0.15) is 0 Å². The van der Waals surface area contributed by atoms with E-state index in [9.17, 15) is 0 Å². The smallest absolute Gasteiger partial charge is 0.188 e. The predicted octanol–water partition coefficient (Wildman–Crippen LogP) is 1.69.